The van der Waals surface area contributed by atoms with Gasteiger partial charge in [0.05, 0.1) is 18.3 Å². The van der Waals surface area contributed by atoms with Crippen molar-refractivity contribution in [3.05, 3.63) is 47.3 Å². The molecular weight excluding hydrogens is 214 g/mol. The molecule has 0 radical (unpaired) electrons. The minimum atomic E-state index is -0.561. The second kappa shape index (κ2) is 4.59. The summed E-state index contributed by atoms with van der Waals surface area (Å²) in [6.07, 6.45) is -0.561. The first kappa shape index (κ1) is 11.7. The van der Waals surface area contributed by atoms with Crippen molar-refractivity contribution < 1.29 is 5.11 Å². The van der Waals surface area contributed by atoms with Crippen LogP contribution in [0.4, 0.5) is 5.69 Å². The molecule has 0 bridgehead atoms. The minimum Gasteiger partial charge on any atom is -0.399 e. The van der Waals surface area contributed by atoms with Crippen molar-refractivity contribution in [2.45, 2.75) is 26.5 Å². The van der Waals surface area contributed by atoms with E-state index in [2.05, 4.69) is 5.10 Å². The van der Waals surface area contributed by atoms with Crippen molar-refractivity contribution in [3.63, 3.8) is 0 Å². The van der Waals surface area contributed by atoms with Crippen LogP contribution in [0.3, 0.4) is 0 Å². The van der Waals surface area contributed by atoms with Gasteiger partial charge in [-0.25, -0.2) is 0 Å². The molecule has 2 rings (SSSR count). The van der Waals surface area contributed by atoms with Crippen LogP contribution >= 0.6 is 0 Å². The maximum absolute atomic E-state index is 10.1. The van der Waals surface area contributed by atoms with E-state index in [1.807, 2.05) is 36.7 Å². The number of rotatable bonds is 3. The zero-order valence-corrected chi connectivity index (χ0v) is 10.1. The van der Waals surface area contributed by atoms with Crippen LogP contribution in [0.5, 0.6) is 0 Å². The van der Waals surface area contributed by atoms with Gasteiger partial charge < -0.3 is 10.8 Å². The molecule has 1 aromatic heterocycles. The minimum absolute atomic E-state index is 0.462. The zero-order chi connectivity index (χ0) is 12.4. The number of aryl methyl sites for hydroxylation is 2. The van der Waals surface area contributed by atoms with E-state index in [1.165, 1.54) is 0 Å². The summed E-state index contributed by atoms with van der Waals surface area (Å²) in [7, 11) is 0. The second-order valence-corrected chi connectivity index (χ2v) is 4.29. The molecule has 0 amide bonds. The number of nitrogen functional groups attached to an aromatic ring is 1. The highest BCUT2D eigenvalue weighted by Crippen LogP contribution is 2.17. The molecule has 0 aliphatic heterocycles. The van der Waals surface area contributed by atoms with Crippen molar-refractivity contribution in [1.29, 1.82) is 0 Å². The van der Waals surface area contributed by atoms with Crippen LogP contribution in [0, 0.1) is 13.8 Å². The molecule has 4 nitrogen and oxygen atoms in total. The Morgan fingerprint density at radius 3 is 2.47 bits per heavy atom. The summed E-state index contributed by atoms with van der Waals surface area (Å²) in [5.74, 6) is 0. The van der Waals surface area contributed by atoms with Gasteiger partial charge in [-0.2, -0.15) is 5.10 Å². The van der Waals surface area contributed by atoms with Gasteiger partial charge in [0.1, 0.15) is 0 Å². The van der Waals surface area contributed by atoms with Crippen molar-refractivity contribution in [2.24, 2.45) is 0 Å². The Morgan fingerprint density at radius 2 is 1.94 bits per heavy atom. The summed E-state index contributed by atoms with van der Waals surface area (Å²) in [5.41, 5.74) is 9.18. The largest absolute Gasteiger partial charge is 0.399 e. The number of nitrogens with zero attached hydrogens (tertiary/aromatic N) is 2. The quantitative estimate of drug-likeness (QED) is 0.792. The fraction of sp³-hybridized carbons (Fsp3) is 0.308. The van der Waals surface area contributed by atoms with Crippen molar-refractivity contribution in [1.82, 2.24) is 9.78 Å². The standard InChI is InChI=1S/C13H17N3O/c1-9-7-10(2)16(15-9)8-13(17)11-3-5-12(14)6-4-11/h3-7,13,17H,8,14H2,1-2H3. The third kappa shape index (κ3) is 2.65. The fourth-order valence-corrected chi connectivity index (χ4v) is 1.85. The predicted octanol–water partition coefficient (Wildman–Crippen LogP) is 1.82. The van der Waals surface area contributed by atoms with Crippen LogP contribution in [-0.4, -0.2) is 14.9 Å². The molecule has 1 unspecified atom stereocenters. The number of aliphatic hydroxyl groups is 1. The number of benzene rings is 1. The number of nitrogens with two attached hydrogens (primary N) is 1. The normalized spacial score (nSPS) is 12.6. The highest BCUT2D eigenvalue weighted by molar-refractivity contribution is 5.39. The van der Waals surface area contributed by atoms with Crippen molar-refractivity contribution in [3.8, 4) is 0 Å². The van der Waals surface area contributed by atoms with Crippen LogP contribution in [-0.2, 0) is 6.54 Å². The van der Waals surface area contributed by atoms with Crippen LogP contribution in [0.25, 0.3) is 0 Å². The van der Waals surface area contributed by atoms with Gasteiger partial charge in [0, 0.05) is 11.4 Å². The summed E-state index contributed by atoms with van der Waals surface area (Å²) in [5, 5.41) is 14.4. The molecule has 17 heavy (non-hydrogen) atoms. The average molecular weight is 231 g/mol. The predicted molar refractivity (Wildman–Crippen MR) is 67.5 cm³/mol. The molecule has 0 saturated heterocycles. The maximum Gasteiger partial charge on any atom is 0.0986 e. The second-order valence-electron chi connectivity index (χ2n) is 4.29. The van der Waals surface area contributed by atoms with E-state index in [0.29, 0.717) is 12.2 Å². The lowest BCUT2D eigenvalue weighted by atomic mass is 10.1. The van der Waals surface area contributed by atoms with Gasteiger partial charge >= 0.3 is 0 Å². The Labute approximate surface area is 101 Å². The van der Waals surface area contributed by atoms with Gasteiger partial charge in [0.2, 0.25) is 0 Å². The molecule has 1 aromatic carbocycles. The van der Waals surface area contributed by atoms with Gasteiger partial charge in [-0.15, -0.1) is 0 Å². The molecule has 0 spiro atoms. The highest BCUT2D eigenvalue weighted by atomic mass is 16.3. The SMILES string of the molecule is Cc1cc(C)n(CC(O)c2ccc(N)cc2)n1. The van der Waals surface area contributed by atoms with Gasteiger partial charge in [-0.3, -0.25) is 4.68 Å². The van der Waals surface area contributed by atoms with E-state index in [0.717, 1.165) is 17.0 Å². The Hall–Kier alpha value is -1.81. The summed E-state index contributed by atoms with van der Waals surface area (Å²) in [6.45, 7) is 4.39. The van der Waals surface area contributed by atoms with E-state index < -0.39 is 6.10 Å². The number of anilines is 1. The lowest BCUT2D eigenvalue weighted by Gasteiger charge is -2.12. The highest BCUT2D eigenvalue weighted by Gasteiger charge is 2.10. The first-order valence-corrected chi connectivity index (χ1v) is 5.61. The zero-order valence-electron chi connectivity index (χ0n) is 10.1. The first-order valence-electron chi connectivity index (χ1n) is 5.61. The molecule has 0 saturated carbocycles. The van der Waals surface area contributed by atoms with Crippen LogP contribution < -0.4 is 5.73 Å². The van der Waals surface area contributed by atoms with Gasteiger partial charge in [-0.05, 0) is 37.6 Å². The lowest BCUT2D eigenvalue weighted by Crippen LogP contribution is -2.11. The summed E-state index contributed by atoms with van der Waals surface area (Å²) in [4.78, 5) is 0. The van der Waals surface area contributed by atoms with Crippen LogP contribution in [0.2, 0.25) is 0 Å². The molecule has 2 aromatic rings. The van der Waals surface area contributed by atoms with Crippen molar-refractivity contribution >= 4 is 5.69 Å². The van der Waals surface area contributed by atoms with Crippen molar-refractivity contribution in [2.75, 3.05) is 5.73 Å². The molecule has 4 heteroatoms. The van der Waals surface area contributed by atoms with E-state index in [-0.39, 0.29) is 0 Å². The van der Waals surface area contributed by atoms with Gasteiger partial charge in [0.25, 0.3) is 0 Å². The molecule has 1 heterocycles. The third-order valence-corrected chi connectivity index (χ3v) is 2.77. The summed E-state index contributed by atoms with van der Waals surface area (Å²) in [6, 6.07) is 9.26. The Morgan fingerprint density at radius 1 is 1.29 bits per heavy atom. The Kier molecular flexibility index (Phi) is 3.15. The Balaban J connectivity index is 2.13. The van der Waals surface area contributed by atoms with Crippen LogP contribution in [0.1, 0.15) is 23.1 Å². The number of hydrogen-bond acceptors (Lipinski definition) is 3. The van der Waals surface area contributed by atoms with E-state index in [9.17, 15) is 5.11 Å². The third-order valence-electron chi connectivity index (χ3n) is 2.77. The monoisotopic (exact) mass is 231 g/mol. The van der Waals surface area contributed by atoms with E-state index in [4.69, 9.17) is 5.73 Å². The molecule has 3 N–H and O–H groups in total. The van der Waals surface area contributed by atoms with E-state index in [1.54, 1.807) is 12.1 Å². The molecule has 1 atom stereocenters. The van der Waals surface area contributed by atoms with E-state index >= 15 is 0 Å². The molecule has 0 aliphatic carbocycles. The average Bonchev–Trinajstić information content (AvgIpc) is 2.58. The number of aromatic nitrogens is 2. The van der Waals surface area contributed by atoms with Gasteiger partial charge in [0.15, 0.2) is 0 Å². The molecule has 0 aliphatic rings. The lowest BCUT2D eigenvalue weighted by molar-refractivity contribution is 0.150. The number of aliphatic hydroxyl groups excluding tert-OH is 1. The first-order chi connectivity index (χ1) is 8.06. The fourth-order valence-electron chi connectivity index (χ4n) is 1.85. The Bertz CT molecular complexity index is 502. The maximum atomic E-state index is 10.1. The molecule has 0 fully saturated rings. The smallest absolute Gasteiger partial charge is 0.0986 e. The summed E-state index contributed by atoms with van der Waals surface area (Å²) >= 11 is 0. The topological polar surface area (TPSA) is 64.1 Å². The molecule has 90 valence electrons. The number of hydrogen-bond donors (Lipinski definition) is 2. The molecular formula is C13H17N3O. The summed E-state index contributed by atoms with van der Waals surface area (Å²) < 4.78 is 1.82. The van der Waals surface area contributed by atoms with Crippen LogP contribution in [0.15, 0.2) is 30.3 Å². The van der Waals surface area contributed by atoms with Gasteiger partial charge in [-0.1, -0.05) is 12.1 Å².